The van der Waals surface area contributed by atoms with Crippen LogP contribution in [-0.2, 0) is 14.9 Å². The lowest BCUT2D eigenvalue weighted by molar-refractivity contribution is -0.132. The number of halogens is 1. The molecule has 1 aromatic rings. The Labute approximate surface area is 136 Å². The van der Waals surface area contributed by atoms with Crippen molar-refractivity contribution in [1.82, 2.24) is 15.5 Å². The topological polar surface area (TPSA) is 103 Å². The van der Waals surface area contributed by atoms with Gasteiger partial charge in [-0.2, -0.15) is 4.98 Å². The molecule has 0 spiro atoms. The zero-order valence-electron chi connectivity index (χ0n) is 13.5. The fraction of sp³-hybridized carbons (Fsp3) is 0.786. The first-order chi connectivity index (χ1) is 9.81. The summed E-state index contributed by atoms with van der Waals surface area (Å²) < 4.78 is 10.8. The Balaban J connectivity index is 0.00000242. The van der Waals surface area contributed by atoms with E-state index in [0.29, 0.717) is 24.7 Å². The Morgan fingerprint density at radius 2 is 2.14 bits per heavy atom. The molecule has 3 N–H and O–H groups in total. The molecule has 3 atom stereocenters. The highest BCUT2D eigenvalue weighted by atomic mass is 35.5. The van der Waals surface area contributed by atoms with Gasteiger partial charge in [0.15, 0.2) is 5.82 Å². The molecule has 8 heteroatoms. The first-order valence-electron chi connectivity index (χ1n) is 7.31. The quantitative estimate of drug-likeness (QED) is 0.865. The highest BCUT2D eigenvalue weighted by Gasteiger charge is 2.31. The largest absolute Gasteiger partial charge is 0.364 e. The Kier molecular flexibility index (Phi) is 6.34. The molecule has 2 rings (SSSR count). The first kappa shape index (κ1) is 18.9. The number of rotatable bonds is 4. The van der Waals surface area contributed by atoms with Crippen LogP contribution in [0.5, 0.6) is 0 Å². The van der Waals surface area contributed by atoms with E-state index < -0.39 is 6.10 Å². The van der Waals surface area contributed by atoms with E-state index in [1.54, 1.807) is 0 Å². The summed E-state index contributed by atoms with van der Waals surface area (Å²) in [4.78, 5) is 16.5. The summed E-state index contributed by atoms with van der Waals surface area (Å²) in [5.74, 6) is 0.870. The molecule has 1 aliphatic heterocycles. The van der Waals surface area contributed by atoms with E-state index in [9.17, 15) is 4.79 Å². The number of ether oxygens (including phenoxy) is 1. The second-order valence-electron chi connectivity index (χ2n) is 6.50. The number of hydrogen-bond acceptors (Lipinski definition) is 6. The Morgan fingerprint density at radius 1 is 1.45 bits per heavy atom. The van der Waals surface area contributed by atoms with Gasteiger partial charge in [0.1, 0.15) is 12.1 Å². The molecular formula is C14H25ClN4O3. The molecule has 2 heterocycles. The van der Waals surface area contributed by atoms with E-state index in [4.69, 9.17) is 15.0 Å². The van der Waals surface area contributed by atoms with Crippen LogP contribution in [0.1, 0.15) is 58.3 Å². The summed E-state index contributed by atoms with van der Waals surface area (Å²) in [5.41, 5.74) is 5.36. The molecular weight excluding hydrogens is 308 g/mol. The molecule has 1 fully saturated rings. The lowest BCUT2D eigenvalue weighted by Gasteiger charge is -2.15. The zero-order chi connectivity index (χ0) is 15.6. The molecule has 0 aromatic carbocycles. The lowest BCUT2D eigenvalue weighted by atomic mass is 9.96. The van der Waals surface area contributed by atoms with E-state index in [1.165, 1.54) is 0 Å². The van der Waals surface area contributed by atoms with Gasteiger partial charge in [-0.25, -0.2) is 0 Å². The van der Waals surface area contributed by atoms with Crippen molar-refractivity contribution in [3.8, 4) is 0 Å². The van der Waals surface area contributed by atoms with Gasteiger partial charge in [-0.15, -0.1) is 12.4 Å². The van der Waals surface area contributed by atoms with Crippen molar-refractivity contribution in [3.05, 3.63) is 11.7 Å². The minimum absolute atomic E-state index is 0. The van der Waals surface area contributed by atoms with Crippen molar-refractivity contribution in [1.29, 1.82) is 0 Å². The minimum atomic E-state index is -0.439. The number of carbonyl (C=O) groups is 1. The number of amides is 1. The van der Waals surface area contributed by atoms with Crippen molar-refractivity contribution in [2.45, 2.75) is 64.2 Å². The van der Waals surface area contributed by atoms with E-state index in [1.807, 2.05) is 27.7 Å². The smallest absolute Gasteiger partial charge is 0.249 e. The molecule has 0 saturated carbocycles. The fourth-order valence-electron chi connectivity index (χ4n) is 2.16. The zero-order valence-corrected chi connectivity index (χ0v) is 14.3. The third-order valence-corrected chi connectivity index (χ3v) is 3.50. The second kappa shape index (κ2) is 7.39. The summed E-state index contributed by atoms with van der Waals surface area (Å²) in [6.07, 6.45) is 1.05. The predicted octanol–water partition coefficient (Wildman–Crippen LogP) is 1.47. The summed E-state index contributed by atoms with van der Waals surface area (Å²) in [7, 11) is 0. The lowest BCUT2D eigenvalue weighted by Crippen LogP contribution is -2.37. The van der Waals surface area contributed by atoms with E-state index in [-0.39, 0.29) is 35.9 Å². The van der Waals surface area contributed by atoms with Crippen LogP contribution in [0.2, 0.25) is 0 Å². The normalized spacial score (nSPS) is 23.0. The third-order valence-electron chi connectivity index (χ3n) is 3.50. The number of hydrogen-bond donors (Lipinski definition) is 2. The second-order valence-corrected chi connectivity index (χ2v) is 6.50. The maximum absolute atomic E-state index is 12.1. The SMILES string of the molecule is CC(NC(=O)[C@@H]1CC[C@H](CN)O1)c1nc(C(C)(C)C)no1.Cl. The summed E-state index contributed by atoms with van der Waals surface area (Å²) in [6, 6.07) is -0.346. The molecule has 0 aliphatic carbocycles. The number of aromatic nitrogens is 2. The molecule has 126 valence electrons. The summed E-state index contributed by atoms with van der Waals surface area (Å²) in [5, 5.41) is 6.80. The number of carbonyl (C=O) groups excluding carboxylic acids is 1. The van der Waals surface area contributed by atoms with E-state index in [0.717, 1.165) is 6.42 Å². The van der Waals surface area contributed by atoms with E-state index >= 15 is 0 Å². The highest BCUT2D eigenvalue weighted by Crippen LogP contribution is 2.22. The third kappa shape index (κ3) is 4.41. The predicted molar refractivity (Wildman–Crippen MR) is 83.8 cm³/mol. The number of nitrogens with two attached hydrogens (primary N) is 1. The fourth-order valence-corrected chi connectivity index (χ4v) is 2.16. The van der Waals surface area contributed by atoms with Crippen LogP contribution < -0.4 is 11.1 Å². The molecule has 1 saturated heterocycles. The van der Waals surface area contributed by atoms with Crippen LogP contribution in [0, 0.1) is 0 Å². The van der Waals surface area contributed by atoms with Crippen molar-refractivity contribution in [3.63, 3.8) is 0 Å². The molecule has 1 unspecified atom stereocenters. The molecule has 0 radical (unpaired) electrons. The molecule has 22 heavy (non-hydrogen) atoms. The number of nitrogens with one attached hydrogen (secondary N) is 1. The van der Waals surface area contributed by atoms with Crippen molar-refractivity contribution >= 4 is 18.3 Å². The van der Waals surface area contributed by atoms with Gasteiger partial charge in [0.25, 0.3) is 0 Å². The molecule has 1 amide bonds. The standard InChI is InChI=1S/C14H24N4O3.ClH/c1-8(12-17-13(18-21-12)14(2,3)4)16-11(19)10-6-5-9(7-15)20-10;/h8-10H,5-7,15H2,1-4H3,(H,16,19);1H/t8?,9-,10+;/m1./s1. The average Bonchev–Trinajstić information content (AvgIpc) is 3.07. The maximum atomic E-state index is 12.1. The van der Waals surface area contributed by atoms with Crippen LogP contribution >= 0.6 is 12.4 Å². The highest BCUT2D eigenvalue weighted by molar-refractivity contribution is 5.85. The van der Waals surface area contributed by atoms with Crippen LogP contribution in [0.4, 0.5) is 0 Å². The molecule has 0 bridgehead atoms. The van der Waals surface area contributed by atoms with Gasteiger partial charge in [0.05, 0.1) is 6.10 Å². The van der Waals surface area contributed by atoms with Gasteiger partial charge >= 0.3 is 0 Å². The molecule has 1 aromatic heterocycles. The molecule has 7 nitrogen and oxygen atoms in total. The Morgan fingerprint density at radius 3 is 2.64 bits per heavy atom. The van der Waals surface area contributed by atoms with Gasteiger partial charge in [-0.05, 0) is 19.8 Å². The van der Waals surface area contributed by atoms with E-state index in [2.05, 4.69) is 15.5 Å². The molecule has 1 aliphatic rings. The maximum Gasteiger partial charge on any atom is 0.249 e. The van der Waals surface area contributed by atoms with Gasteiger partial charge in [-0.1, -0.05) is 25.9 Å². The van der Waals surface area contributed by atoms with Crippen molar-refractivity contribution < 1.29 is 14.1 Å². The first-order valence-corrected chi connectivity index (χ1v) is 7.31. The van der Waals surface area contributed by atoms with Crippen LogP contribution in [-0.4, -0.2) is 34.8 Å². The van der Waals surface area contributed by atoms with Gasteiger partial charge < -0.3 is 20.3 Å². The van der Waals surface area contributed by atoms with Crippen LogP contribution in [0.15, 0.2) is 4.52 Å². The monoisotopic (exact) mass is 332 g/mol. The minimum Gasteiger partial charge on any atom is -0.364 e. The Bertz CT molecular complexity index is 501. The van der Waals surface area contributed by atoms with Crippen LogP contribution in [0.25, 0.3) is 0 Å². The number of nitrogens with zero attached hydrogens (tertiary/aromatic N) is 2. The van der Waals surface area contributed by atoms with Gasteiger partial charge in [0.2, 0.25) is 11.8 Å². The van der Waals surface area contributed by atoms with Gasteiger partial charge in [0, 0.05) is 12.0 Å². The Hall–Kier alpha value is -1.18. The van der Waals surface area contributed by atoms with Crippen molar-refractivity contribution in [2.75, 3.05) is 6.54 Å². The summed E-state index contributed by atoms with van der Waals surface area (Å²) in [6.45, 7) is 8.27. The van der Waals surface area contributed by atoms with Crippen molar-refractivity contribution in [2.24, 2.45) is 5.73 Å². The summed E-state index contributed by atoms with van der Waals surface area (Å²) >= 11 is 0. The van der Waals surface area contributed by atoms with Gasteiger partial charge in [-0.3, -0.25) is 4.79 Å². The average molecular weight is 333 g/mol. The van der Waals surface area contributed by atoms with Crippen LogP contribution in [0.3, 0.4) is 0 Å².